The van der Waals surface area contributed by atoms with E-state index in [9.17, 15) is 5.11 Å². The predicted molar refractivity (Wildman–Crippen MR) is 91.6 cm³/mol. The maximum absolute atomic E-state index is 10.2. The third-order valence-corrected chi connectivity index (χ3v) is 5.75. The van der Waals surface area contributed by atoms with Crippen LogP contribution < -0.4 is 0 Å². The van der Waals surface area contributed by atoms with Crippen LogP contribution in [-0.4, -0.2) is 55.3 Å². The number of nitrogens with zero attached hydrogens (tertiary/aromatic N) is 3. The Morgan fingerprint density at radius 1 is 1.08 bits per heavy atom. The zero-order valence-electron chi connectivity index (χ0n) is 15.9. The van der Waals surface area contributed by atoms with Crippen LogP contribution in [0.4, 0.5) is 0 Å². The van der Waals surface area contributed by atoms with Gasteiger partial charge in [0, 0.05) is 17.9 Å². The molecule has 0 aromatic heterocycles. The number of azide groups is 1. The van der Waals surface area contributed by atoms with Gasteiger partial charge < -0.3 is 24.1 Å². The van der Waals surface area contributed by atoms with Gasteiger partial charge in [0.15, 0.2) is 12.6 Å². The highest BCUT2D eigenvalue weighted by atomic mass is 16.7. The zero-order chi connectivity index (χ0) is 18.7. The van der Waals surface area contributed by atoms with Crippen LogP contribution in [0.15, 0.2) is 5.11 Å². The average Bonchev–Trinajstić information content (AvgIpc) is 2.61. The molecule has 0 bridgehead atoms. The first-order chi connectivity index (χ1) is 11.8. The lowest BCUT2D eigenvalue weighted by Crippen LogP contribution is -2.57. The summed E-state index contributed by atoms with van der Waals surface area (Å²) >= 11 is 0. The summed E-state index contributed by atoms with van der Waals surface area (Å²) in [4.78, 5) is 2.93. The topological polar surface area (TPSA) is 106 Å². The minimum Gasteiger partial charge on any atom is -0.390 e. The van der Waals surface area contributed by atoms with Gasteiger partial charge in [-0.1, -0.05) is 32.8 Å². The van der Waals surface area contributed by atoms with Gasteiger partial charge in [-0.2, -0.15) is 0 Å². The Morgan fingerprint density at radius 3 is 2.32 bits per heavy atom. The van der Waals surface area contributed by atoms with Crippen molar-refractivity contribution in [2.24, 2.45) is 22.9 Å². The van der Waals surface area contributed by atoms with E-state index in [4.69, 9.17) is 24.5 Å². The molecule has 2 fully saturated rings. The van der Waals surface area contributed by atoms with Crippen molar-refractivity contribution in [1.82, 2.24) is 0 Å². The molecular formula is C17H31N3O5. The van der Waals surface area contributed by atoms with Crippen molar-refractivity contribution in [3.05, 3.63) is 10.4 Å². The molecule has 0 saturated carbocycles. The summed E-state index contributed by atoms with van der Waals surface area (Å²) in [5.74, 6) is 0.00933. The summed E-state index contributed by atoms with van der Waals surface area (Å²) in [5.41, 5.74) is 8.87. The molecule has 2 aliphatic rings. The van der Waals surface area contributed by atoms with Gasteiger partial charge >= 0.3 is 0 Å². The fourth-order valence-electron chi connectivity index (χ4n) is 3.78. The van der Waals surface area contributed by atoms with Gasteiger partial charge in [-0.25, -0.2) is 0 Å². The van der Waals surface area contributed by atoms with Crippen LogP contribution >= 0.6 is 0 Å². The molecule has 2 rings (SSSR count). The summed E-state index contributed by atoms with van der Waals surface area (Å²) in [6.45, 7) is 9.88. The van der Waals surface area contributed by atoms with Gasteiger partial charge in [0.25, 0.3) is 0 Å². The molecular weight excluding hydrogens is 326 g/mol. The molecule has 4 unspecified atom stereocenters. The lowest BCUT2D eigenvalue weighted by Gasteiger charge is -2.47. The molecule has 0 radical (unpaired) electrons. The van der Waals surface area contributed by atoms with Crippen molar-refractivity contribution in [2.75, 3.05) is 7.11 Å². The molecule has 8 heteroatoms. The van der Waals surface area contributed by atoms with Crippen LogP contribution in [0.3, 0.4) is 0 Å². The highest BCUT2D eigenvalue weighted by molar-refractivity contribution is 4.93. The minimum absolute atomic E-state index is 0.0361. The van der Waals surface area contributed by atoms with Crippen molar-refractivity contribution >= 4 is 0 Å². The van der Waals surface area contributed by atoms with Crippen molar-refractivity contribution in [1.29, 1.82) is 0 Å². The summed E-state index contributed by atoms with van der Waals surface area (Å²) in [5, 5.41) is 14.1. The Labute approximate surface area is 149 Å². The van der Waals surface area contributed by atoms with Gasteiger partial charge in [0.05, 0.1) is 30.5 Å². The van der Waals surface area contributed by atoms with Crippen molar-refractivity contribution in [3.63, 3.8) is 0 Å². The van der Waals surface area contributed by atoms with E-state index in [0.717, 1.165) is 6.42 Å². The van der Waals surface area contributed by atoms with Gasteiger partial charge in [-0.05, 0) is 30.7 Å². The van der Waals surface area contributed by atoms with Gasteiger partial charge in [0.2, 0.25) is 0 Å². The van der Waals surface area contributed by atoms with Crippen molar-refractivity contribution in [3.8, 4) is 0 Å². The van der Waals surface area contributed by atoms with Gasteiger partial charge in [0.1, 0.15) is 0 Å². The number of methoxy groups -OCH3 is 1. The molecule has 0 amide bonds. The summed E-state index contributed by atoms with van der Waals surface area (Å²) < 4.78 is 23.6. The molecule has 0 aromatic rings. The first-order valence-corrected chi connectivity index (χ1v) is 9.07. The van der Waals surface area contributed by atoms with Crippen molar-refractivity contribution < 1.29 is 24.1 Å². The third kappa shape index (κ3) is 4.10. The molecule has 25 heavy (non-hydrogen) atoms. The Balaban J connectivity index is 2.19. The smallest absolute Gasteiger partial charge is 0.166 e. The van der Waals surface area contributed by atoms with E-state index in [1.54, 1.807) is 7.11 Å². The van der Waals surface area contributed by atoms with E-state index in [-0.39, 0.29) is 36.1 Å². The normalized spacial score (nSPS) is 48.0. The molecule has 2 saturated heterocycles. The third-order valence-electron chi connectivity index (χ3n) is 5.75. The largest absolute Gasteiger partial charge is 0.390 e. The second-order valence-electron chi connectivity index (χ2n) is 7.26. The first kappa shape index (κ1) is 20.4. The number of ether oxygens (including phenoxy) is 4. The number of hydrogen-bond acceptors (Lipinski definition) is 6. The van der Waals surface area contributed by atoms with Crippen LogP contribution in [0, 0.1) is 17.8 Å². The highest BCUT2D eigenvalue weighted by Gasteiger charge is 2.47. The summed E-state index contributed by atoms with van der Waals surface area (Å²) in [6, 6.07) is -0.470. The molecule has 2 heterocycles. The van der Waals surface area contributed by atoms with E-state index in [1.807, 2.05) is 34.6 Å². The standard InChI is InChI=1S/C17H31N3O5/c1-7-12-15(10(4)13(19-20-18)17(22-6)24-12)25-16-9(3)8(2)14(21)11(5)23-16/h8-17,21H,7H2,1-6H3/t8-,9?,10-,11?,12?,13?,14+,15+,16+,17+/m1/s1. The molecule has 1 N–H and O–H groups in total. The van der Waals surface area contributed by atoms with Gasteiger partial charge in [-0.15, -0.1) is 0 Å². The van der Waals surface area contributed by atoms with Crippen molar-refractivity contribution in [2.45, 2.75) is 84.1 Å². The summed E-state index contributed by atoms with van der Waals surface area (Å²) in [7, 11) is 1.54. The molecule has 10 atom stereocenters. The average molecular weight is 357 g/mol. The van der Waals surface area contributed by atoms with Gasteiger partial charge in [-0.3, -0.25) is 0 Å². The molecule has 0 spiro atoms. The Morgan fingerprint density at radius 2 is 1.76 bits per heavy atom. The van der Waals surface area contributed by atoms with Crippen LogP contribution in [0.1, 0.15) is 41.0 Å². The number of aliphatic hydroxyl groups is 1. The number of rotatable bonds is 5. The fourth-order valence-corrected chi connectivity index (χ4v) is 3.78. The quantitative estimate of drug-likeness (QED) is 0.462. The summed E-state index contributed by atoms with van der Waals surface area (Å²) in [6.07, 6.45) is -1.55. The second kappa shape index (κ2) is 8.66. The van der Waals surface area contributed by atoms with Crippen LogP contribution in [0.25, 0.3) is 10.4 Å². The zero-order valence-corrected chi connectivity index (χ0v) is 15.9. The monoisotopic (exact) mass is 357 g/mol. The van der Waals surface area contributed by atoms with E-state index < -0.39 is 24.7 Å². The Bertz CT molecular complexity index is 487. The lowest BCUT2D eigenvalue weighted by atomic mass is 9.84. The van der Waals surface area contributed by atoms with E-state index in [2.05, 4.69) is 10.0 Å². The maximum atomic E-state index is 10.2. The SMILES string of the molecule is CCC1O[C@H](OC)C(N=[N+]=[N-])[C@@H](C)[C@@H]1O[C@@H]1OC(C)[C@@H](O)[C@H](C)C1C. The first-order valence-electron chi connectivity index (χ1n) is 9.07. The Hall–Kier alpha value is -0.890. The van der Waals surface area contributed by atoms with Crippen LogP contribution in [0.2, 0.25) is 0 Å². The Kier molecular flexibility index (Phi) is 7.08. The fraction of sp³-hybridized carbons (Fsp3) is 1.00. The molecule has 0 aromatic carbocycles. The molecule has 0 aliphatic carbocycles. The van der Waals surface area contributed by atoms with Crippen LogP contribution in [0.5, 0.6) is 0 Å². The van der Waals surface area contributed by atoms with Crippen LogP contribution in [-0.2, 0) is 18.9 Å². The number of aliphatic hydroxyl groups excluding tert-OH is 1. The molecule has 8 nitrogen and oxygen atoms in total. The maximum Gasteiger partial charge on any atom is 0.166 e. The van der Waals surface area contributed by atoms with E-state index in [0.29, 0.717) is 0 Å². The molecule has 2 aliphatic heterocycles. The molecule has 144 valence electrons. The highest BCUT2D eigenvalue weighted by Crippen LogP contribution is 2.37. The van der Waals surface area contributed by atoms with E-state index >= 15 is 0 Å². The minimum atomic E-state index is -0.583. The second-order valence-corrected chi connectivity index (χ2v) is 7.26. The predicted octanol–water partition coefficient (Wildman–Crippen LogP) is 2.85. The number of hydrogen-bond donors (Lipinski definition) is 1. The lowest BCUT2D eigenvalue weighted by molar-refractivity contribution is -0.316. The van der Waals surface area contributed by atoms with E-state index in [1.165, 1.54) is 0 Å².